The van der Waals surface area contributed by atoms with Crippen molar-refractivity contribution in [3.63, 3.8) is 0 Å². The van der Waals surface area contributed by atoms with Gasteiger partial charge in [0.25, 0.3) is 5.91 Å². The molecule has 3 rings (SSSR count). The average Bonchev–Trinajstić information content (AvgIpc) is 3.27. The molecule has 0 bridgehead atoms. The van der Waals surface area contributed by atoms with Gasteiger partial charge in [-0.25, -0.2) is 10.4 Å². The number of hydrogen-bond acceptors (Lipinski definition) is 9. The molecule has 0 saturated carbocycles. The Balaban J connectivity index is 1.74. The van der Waals surface area contributed by atoms with Crippen LogP contribution >= 0.6 is 0 Å². The lowest BCUT2D eigenvalue weighted by atomic mass is 9.88. The van der Waals surface area contributed by atoms with Crippen molar-refractivity contribution in [3.8, 4) is 11.5 Å². The third kappa shape index (κ3) is 9.19. The fourth-order valence-electron chi connectivity index (χ4n) is 4.39. The SMILES string of the molecule is CCOc1ccccc1CCNNC(=O)[C@@]1(CCC(=O)OC(C)(C)C)N=C(c2ccc(OCCCO)cc2)O[C@H]1C. The Labute approximate surface area is 242 Å². The topological polar surface area (TPSA) is 128 Å². The van der Waals surface area contributed by atoms with Gasteiger partial charge in [-0.05, 0) is 83.4 Å². The zero-order valence-electron chi connectivity index (χ0n) is 24.7. The van der Waals surface area contributed by atoms with Crippen molar-refractivity contribution in [2.24, 2.45) is 4.99 Å². The van der Waals surface area contributed by atoms with Gasteiger partial charge in [0.15, 0.2) is 5.54 Å². The van der Waals surface area contributed by atoms with Crippen molar-refractivity contribution in [1.29, 1.82) is 0 Å². The van der Waals surface area contributed by atoms with Crippen molar-refractivity contribution >= 4 is 17.8 Å². The van der Waals surface area contributed by atoms with Gasteiger partial charge in [0.05, 0.1) is 13.2 Å². The number of nitrogens with one attached hydrogen (secondary N) is 2. The molecule has 41 heavy (non-hydrogen) atoms. The van der Waals surface area contributed by atoms with Crippen LogP contribution < -0.4 is 20.3 Å². The summed E-state index contributed by atoms with van der Waals surface area (Å²) in [6.07, 6.45) is 0.636. The third-order valence-electron chi connectivity index (χ3n) is 6.45. The maximum atomic E-state index is 13.7. The van der Waals surface area contributed by atoms with E-state index >= 15 is 0 Å². The van der Waals surface area contributed by atoms with Crippen LogP contribution in [0.5, 0.6) is 11.5 Å². The largest absolute Gasteiger partial charge is 0.494 e. The summed E-state index contributed by atoms with van der Waals surface area (Å²) in [5.74, 6) is 0.965. The Morgan fingerprint density at radius 2 is 1.83 bits per heavy atom. The van der Waals surface area contributed by atoms with E-state index < -0.39 is 29.1 Å². The van der Waals surface area contributed by atoms with E-state index in [2.05, 4.69) is 10.9 Å². The number of hydrazine groups is 1. The second-order valence-electron chi connectivity index (χ2n) is 10.8. The first-order chi connectivity index (χ1) is 19.6. The molecule has 0 aromatic heterocycles. The minimum absolute atomic E-state index is 0.00542. The number of carbonyl (C=O) groups excluding carboxylic acids is 2. The van der Waals surface area contributed by atoms with Crippen LogP contribution in [-0.2, 0) is 25.5 Å². The van der Waals surface area contributed by atoms with E-state index in [0.29, 0.717) is 49.8 Å². The summed E-state index contributed by atoms with van der Waals surface area (Å²) in [5, 5.41) is 8.95. The first-order valence-corrected chi connectivity index (χ1v) is 14.1. The van der Waals surface area contributed by atoms with Crippen LogP contribution in [0.2, 0.25) is 0 Å². The molecule has 0 aliphatic carbocycles. The second-order valence-corrected chi connectivity index (χ2v) is 10.8. The number of esters is 1. The molecule has 0 saturated heterocycles. The fourth-order valence-corrected chi connectivity index (χ4v) is 4.39. The number of benzene rings is 2. The predicted molar refractivity (Wildman–Crippen MR) is 156 cm³/mol. The molecule has 0 spiro atoms. The maximum Gasteiger partial charge on any atom is 0.306 e. The minimum Gasteiger partial charge on any atom is -0.494 e. The standard InChI is InChI=1S/C31H43N3O7/c1-6-38-26-11-8-7-10-23(26)17-19-32-34-29(37)31(18-16-27(36)41-30(3,4)5)22(2)40-28(33-31)24-12-14-25(15-13-24)39-21-9-20-35/h7-8,10-15,22,32,35H,6,9,16-21H2,1-5H3,(H,34,37)/t22-,31-/m0/s1. The van der Waals surface area contributed by atoms with Crippen molar-refractivity contribution in [2.45, 2.75) is 77.5 Å². The molecule has 10 nitrogen and oxygen atoms in total. The highest BCUT2D eigenvalue weighted by molar-refractivity contribution is 6.00. The van der Waals surface area contributed by atoms with Gasteiger partial charge in [-0.15, -0.1) is 0 Å². The van der Waals surface area contributed by atoms with Crippen molar-refractivity contribution in [1.82, 2.24) is 10.9 Å². The third-order valence-corrected chi connectivity index (χ3v) is 6.45. The molecule has 0 radical (unpaired) electrons. The Bertz CT molecular complexity index is 1180. The van der Waals surface area contributed by atoms with Gasteiger partial charge in [0.1, 0.15) is 23.2 Å². The van der Waals surface area contributed by atoms with Gasteiger partial charge >= 0.3 is 5.97 Å². The van der Waals surface area contributed by atoms with E-state index in [0.717, 1.165) is 11.3 Å². The molecule has 224 valence electrons. The molecular formula is C31H43N3O7. The summed E-state index contributed by atoms with van der Waals surface area (Å²) < 4.78 is 22.9. The summed E-state index contributed by atoms with van der Waals surface area (Å²) in [6.45, 7) is 10.6. The van der Waals surface area contributed by atoms with Crippen LogP contribution in [0.15, 0.2) is 53.5 Å². The first-order valence-electron chi connectivity index (χ1n) is 14.1. The highest BCUT2D eigenvalue weighted by atomic mass is 16.6. The predicted octanol–water partition coefficient (Wildman–Crippen LogP) is 3.74. The summed E-state index contributed by atoms with van der Waals surface area (Å²) in [4.78, 5) is 31.0. The highest BCUT2D eigenvalue weighted by Crippen LogP contribution is 2.34. The number of rotatable bonds is 15. The molecule has 2 aromatic carbocycles. The number of nitrogens with zero attached hydrogens (tertiary/aromatic N) is 1. The number of carbonyl (C=O) groups is 2. The van der Waals surface area contributed by atoms with E-state index in [9.17, 15) is 9.59 Å². The van der Waals surface area contributed by atoms with Crippen LogP contribution in [0.3, 0.4) is 0 Å². The Kier molecular flexibility index (Phi) is 11.5. The molecule has 2 aromatic rings. The molecule has 3 N–H and O–H groups in total. The number of hydrogen-bond donors (Lipinski definition) is 3. The van der Waals surface area contributed by atoms with Gasteiger partial charge in [-0.2, -0.15) is 0 Å². The van der Waals surface area contributed by atoms with Gasteiger partial charge in [0.2, 0.25) is 5.90 Å². The van der Waals surface area contributed by atoms with Crippen LogP contribution in [0.1, 0.15) is 65.0 Å². The van der Waals surface area contributed by atoms with Crippen molar-refractivity contribution < 1.29 is 33.6 Å². The molecular weight excluding hydrogens is 526 g/mol. The number of amides is 1. The van der Waals surface area contributed by atoms with Gasteiger partial charge in [-0.1, -0.05) is 18.2 Å². The fraction of sp³-hybridized carbons (Fsp3) is 0.516. The smallest absolute Gasteiger partial charge is 0.306 e. The molecule has 2 atom stereocenters. The molecule has 1 heterocycles. The number of aliphatic imine (C=N–C) groups is 1. The molecule has 10 heteroatoms. The van der Waals surface area contributed by atoms with E-state index in [1.807, 2.05) is 31.2 Å². The Morgan fingerprint density at radius 3 is 2.51 bits per heavy atom. The van der Waals surface area contributed by atoms with Crippen molar-refractivity contribution in [2.75, 3.05) is 26.4 Å². The number of para-hydroxylation sites is 1. The number of ether oxygens (including phenoxy) is 4. The monoisotopic (exact) mass is 569 g/mol. The zero-order valence-corrected chi connectivity index (χ0v) is 24.7. The normalized spacial score (nSPS) is 18.3. The maximum absolute atomic E-state index is 13.7. The lowest BCUT2D eigenvalue weighted by Gasteiger charge is -2.28. The first kappa shape index (κ1) is 31.9. The average molecular weight is 570 g/mol. The minimum atomic E-state index is -1.35. The van der Waals surface area contributed by atoms with Gasteiger partial charge < -0.3 is 24.1 Å². The molecule has 0 fully saturated rings. The Morgan fingerprint density at radius 1 is 1.10 bits per heavy atom. The summed E-state index contributed by atoms with van der Waals surface area (Å²) in [5.41, 5.74) is 5.51. The molecule has 0 unspecified atom stereocenters. The Hall–Kier alpha value is -3.63. The van der Waals surface area contributed by atoms with Crippen molar-refractivity contribution in [3.05, 3.63) is 59.7 Å². The van der Waals surface area contributed by atoms with Crippen LogP contribution in [-0.4, -0.2) is 66.5 Å². The van der Waals surface area contributed by atoms with Crippen LogP contribution in [0, 0.1) is 0 Å². The van der Waals surface area contributed by atoms with Crippen LogP contribution in [0.4, 0.5) is 0 Å². The summed E-state index contributed by atoms with van der Waals surface area (Å²) in [6, 6.07) is 15.0. The molecule has 1 amide bonds. The van der Waals surface area contributed by atoms with E-state index in [-0.39, 0.29) is 19.4 Å². The lowest BCUT2D eigenvalue weighted by Crippen LogP contribution is -2.55. The molecule has 1 aliphatic heterocycles. The van der Waals surface area contributed by atoms with Crippen LogP contribution in [0.25, 0.3) is 0 Å². The number of aliphatic hydroxyl groups is 1. The second kappa shape index (κ2) is 14.8. The van der Waals surface area contributed by atoms with Gasteiger partial charge in [0, 0.05) is 31.6 Å². The zero-order chi connectivity index (χ0) is 29.9. The number of aliphatic hydroxyl groups excluding tert-OH is 1. The summed E-state index contributed by atoms with van der Waals surface area (Å²) >= 11 is 0. The molecule has 1 aliphatic rings. The van der Waals surface area contributed by atoms with E-state index in [1.165, 1.54) is 0 Å². The highest BCUT2D eigenvalue weighted by Gasteiger charge is 2.50. The van der Waals surface area contributed by atoms with E-state index in [1.54, 1.807) is 52.0 Å². The van der Waals surface area contributed by atoms with Gasteiger partial charge in [-0.3, -0.25) is 15.0 Å². The quantitative estimate of drug-likeness (QED) is 0.168. The lowest BCUT2D eigenvalue weighted by molar-refractivity contribution is -0.155. The van der Waals surface area contributed by atoms with E-state index in [4.69, 9.17) is 29.0 Å². The summed E-state index contributed by atoms with van der Waals surface area (Å²) in [7, 11) is 0.